The van der Waals surface area contributed by atoms with Gasteiger partial charge in [-0.25, -0.2) is 8.42 Å². The molecule has 3 aromatic carbocycles. The first-order valence-corrected chi connectivity index (χ1v) is 16.1. The van der Waals surface area contributed by atoms with Crippen LogP contribution in [0.4, 0.5) is 11.4 Å². The summed E-state index contributed by atoms with van der Waals surface area (Å²) in [6.45, 7) is 4.65. The number of carbonyl (C=O) groups is 1. The minimum absolute atomic E-state index is 0.0417. The Labute approximate surface area is 264 Å². The first-order valence-electron chi connectivity index (χ1n) is 13.5. The minimum atomic E-state index is -3.95. The molecule has 1 N–H and O–H groups in total. The lowest BCUT2D eigenvalue weighted by Crippen LogP contribution is -2.43. The number of likely N-dealkylation sites (N-methyl/N-ethyl adjacent to an activating group) is 1. The van der Waals surface area contributed by atoms with Crippen molar-refractivity contribution >= 4 is 54.8 Å². The molecule has 230 valence electrons. The van der Waals surface area contributed by atoms with Gasteiger partial charge in [-0.3, -0.25) is 14.9 Å². The molecule has 0 spiro atoms. The van der Waals surface area contributed by atoms with Gasteiger partial charge in [0.1, 0.15) is 23.2 Å². The standard InChI is InChI=1S/C29H32BrClN4O7S/c1-19(2)28(32-25-10-9-24(17-26(25)35(37)38)43(39,40)34-11-13-41-14-12-34)29(36)33(3)18-20-7-8-21(30)15-27(20)42-23-6-4-5-22(31)16-23/h4-10,15-17,19,28,32H,11-14,18H2,1-3H3/t28-/m0/s1. The Bertz CT molecular complexity index is 1600. The number of ether oxygens (including phenoxy) is 2. The highest BCUT2D eigenvalue weighted by Crippen LogP contribution is 2.33. The average Bonchev–Trinajstić information content (AvgIpc) is 2.97. The Hall–Kier alpha value is -3.23. The molecular formula is C29H32BrClN4O7S. The van der Waals surface area contributed by atoms with Gasteiger partial charge in [0.2, 0.25) is 15.9 Å². The summed E-state index contributed by atoms with van der Waals surface area (Å²) in [4.78, 5) is 26.4. The summed E-state index contributed by atoms with van der Waals surface area (Å²) in [7, 11) is -2.32. The molecule has 1 fully saturated rings. The average molecular weight is 696 g/mol. The van der Waals surface area contributed by atoms with E-state index in [0.717, 1.165) is 16.1 Å². The van der Waals surface area contributed by atoms with Gasteiger partial charge in [-0.2, -0.15) is 4.31 Å². The fourth-order valence-corrected chi connectivity index (χ4v) is 6.49. The lowest BCUT2D eigenvalue weighted by Gasteiger charge is -2.28. The van der Waals surface area contributed by atoms with Gasteiger partial charge in [-0.1, -0.05) is 53.5 Å². The van der Waals surface area contributed by atoms with Crippen LogP contribution in [0.3, 0.4) is 0 Å². The summed E-state index contributed by atoms with van der Waals surface area (Å²) in [5.41, 5.74) is 0.325. The fraction of sp³-hybridized carbons (Fsp3) is 0.345. The molecule has 1 aliphatic heterocycles. The van der Waals surface area contributed by atoms with Gasteiger partial charge in [-0.05, 0) is 48.4 Å². The smallest absolute Gasteiger partial charge is 0.293 e. The van der Waals surface area contributed by atoms with E-state index in [0.29, 0.717) is 16.5 Å². The van der Waals surface area contributed by atoms with E-state index in [4.69, 9.17) is 21.1 Å². The molecule has 0 aliphatic carbocycles. The Morgan fingerprint density at radius 2 is 1.88 bits per heavy atom. The van der Waals surface area contributed by atoms with Crippen LogP contribution in [-0.4, -0.2) is 67.8 Å². The number of hydrogen-bond donors (Lipinski definition) is 1. The lowest BCUT2D eigenvalue weighted by atomic mass is 10.0. The third-order valence-corrected chi connectivity index (χ3v) is 9.48. The second kappa shape index (κ2) is 14.0. The topological polar surface area (TPSA) is 131 Å². The van der Waals surface area contributed by atoms with Crippen LogP contribution in [0, 0.1) is 16.0 Å². The van der Waals surface area contributed by atoms with Gasteiger partial charge in [-0.15, -0.1) is 0 Å². The molecule has 1 heterocycles. The predicted octanol–water partition coefficient (Wildman–Crippen LogP) is 5.92. The third-order valence-electron chi connectivity index (χ3n) is 6.85. The second-order valence-corrected chi connectivity index (χ2v) is 13.6. The number of morpholine rings is 1. The zero-order valence-corrected chi connectivity index (χ0v) is 27.0. The number of carbonyl (C=O) groups excluding carboxylic acids is 1. The maximum Gasteiger partial charge on any atom is 0.293 e. The Kier molecular flexibility index (Phi) is 10.7. The zero-order valence-electron chi connectivity index (χ0n) is 23.8. The van der Waals surface area contributed by atoms with Gasteiger partial charge < -0.3 is 19.7 Å². The van der Waals surface area contributed by atoms with Crippen LogP contribution in [0.1, 0.15) is 19.4 Å². The first-order chi connectivity index (χ1) is 20.4. The Morgan fingerprint density at radius 1 is 1.16 bits per heavy atom. The van der Waals surface area contributed by atoms with Crippen LogP contribution in [0.5, 0.6) is 11.5 Å². The molecule has 4 rings (SSSR count). The van der Waals surface area contributed by atoms with E-state index in [2.05, 4.69) is 21.2 Å². The van der Waals surface area contributed by atoms with Crippen molar-refractivity contribution in [3.63, 3.8) is 0 Å². The minimum Gasteiger partial charge on any atom is -0.457 e. The van der Waals surface area contributed by atoms with Crippen molar-refractivity contribution in [3.05, 3.63) is 85.8 Å². The molecule has 43 heavy (non-hydrogen) atoms. The quantitative estimate of drug-likeness (QED) is 0.193. The maximum absolute atomic E-state index is 13.7. The molecule has 1 aliphatic rings. The highest BCUT2D eigenvalue weighted by atomic mass is 79.9. The van der Waals surface area contributed by atoms with Crippen molar-refractivity contribution in [3.8, 4) is 11.5 Å². The molecule has 1 saturated heterocycles. The van der Waals surface area contributed by atoms with Crippen LogP contribution >= 0.6 is 27.5 Å². The number of amides is 1. The number of nitrogens with one attached hydrogen (secondary N) is 1. The number of nitrogens with zero attached hydrogens (tertiary/aromatic N) is 3. The van der Waals surface area contributed by atoms with Crippen molar-refractivity contribution in [1.29, 1.82) is 0 Å². The molecule has 0 bridgehead atoms. The van der Waals surface area contributed by atoms with Crippen molar-refractivity contribution in [2.75, 3.05) is 38.7 Å². The monoisotopic (exact) mass is 694 g/mol. The van der Waals surface area contributed by atoms with E-state index in [1.54, 1.807) is 37.4 Å². The summed E-state index contributed by atoms with van der Waals surface area (Å²) in [5, 5.41) is 15.6. The van der Waals surface area contributed by atoms with Gasteiger partial charge in [0, 0.05) is 47.8 Å². The van der Waals surface area contributed by atoms with Crippen LogP contribution in [0.15, 0.2) is 70.0 Å². The van der Waals surface area contributed by atoms with E-state index in [1.807, 2.05) is 26.0 Å². The van der Waals surface area contributed by atoms with Gasteiger partial charge in [0.25, 0.3) is 5.69 Å². The maximum atomic E-state index is 13.7. The molecular weight excluding hydrogens is 664 g/mol. The number of nitro groups is 1. The number of rotatable bonds is 11. The van der Waals surface area contributed by atoms with E-state index in [9.17, 15) is 23.3 Å². The summed E-state index contributed by atoms with van der Waals surface area (Å²) >= 11 is 9.57. The molecule has 0 aromatic heterocycles. The number of hydrogen-bond acceptors (Lipinski definition) is 8. The van der Waals surface area contributed by atoms with Crippen molar-refractivity contribution in [2.24, 2.45) is 5.92 Å². The molecule has 0 radical (unpaired) electrons. The first kappa shape index (κ1) is 32.7. The normalized spacial score (nSPS) is 14.7. The van der Waals surface area contributed by atoms with Gasteiger partial charge in [0.15, 0.2) is 0 Å². The summed E-state index contributed by atoms with van der Waals surface area (Å²) in [5.74, 6) is 0.483. The van der Waals surface area contributed by atoms with E-state index < -0.39 is 26.7 Å². The summed E-state index contributed by atoms with van der Waals surface area (Å²) in [6, 6.07) is 15.3. The van der Waals surface area contributed by atoms with Crippen LogP contribution in [0.25, 0.3) is 0 Å². The van der Waals surface area contributed by atoms with Gasteiger partial charge >= 0.3 is 0 Å². The van der Waals surface area contributed by atoms with Gasteiger partial charge in [0.05, 0.1) is 23.0 Å². The third kappa shape index (κ3) is 8.03. The zero-order chi connectivity index (χ0) is 31.3. The largest absolute Gasteiger partial charge is 0.457 e. The number of sulfonamides is 1. The molecule has 1 amide bonds. The molecule has 1 atom stereocenters. The Balaban J connectivity index is 1.56. The summed E-state index contributed by atoms with van der Waals surface area (Å²) in [6.07, 6.45) is 0. The van der Waals surface area contributed by atoms with E-state index in [1.165, 1.54) is 21.3 Å². The van der Waals surface area contributed by atoms with Crippen LogP contribution < -0.4 is 10.1 Å². The molecule has 0 unspecified atom stereocenters. The molecule has 11 nitrogen and oxygen atoms in total. The Morgan fingerprint density at radius 3 is 2.53 bits per heavy atom. The second-order valence-electron chi connectivity index (χ2n) is 10.3. The highest BCUT2D eigenvalue weighted by Gasteiger charge is 2.32. The van der Waals surface area contributed by atoms with Crippen molar-refractivity contribution < 1.29 is 27.6 Å². The molecule has 14 heteroatoms. The van der Waals surface area contributed by atoms with Crippen LogP contribution in [0.2, 0.25) is 5.02 Å². The van der Waals surface area contributed by atoms with Crippen molar-refractivity contribution in [2.45, 2.75) is 31.3 Å². The lowest BCUT2D eigenvalue weighted by molar-refractivity contribution is -0.384. The number of anilines is 1. The number of benzene rings is 3. The summed E-state index contributed by atoms with van der Waals surface area (Å²) < 4.78 is 39.5. The van der Waals surface area contributed by atoms with E-state index >= 15 is 0 Å². The highest BCUT2D eigenvalue weighted by molar-refractivity contribution is 9.10. The number of nitro benzene ring substituents is 1. The van der Waals surface area contributed by atoms with Crippen molar-refractivity contribution in [1.82, 2.24) is 9.21 Å². The predicted molar refractivity (Wildman–Crippen MR) is 167 cm³/mol. The van der Waals surface area contributed by atoms with E-state index in [-0.39, 0.29) is 55.3 Å². The van der Waals surface area contributed by atoms with Crippen LogP contribution in [-0.2, 0) is 26.1 Å². The SMILES string of the molecule is CC(C)[C@H](Nc1ccc(S(=O)(=O)N2CCOCC2)cc1[N+](=O)[O-])C(=O)N(C)Cc1ccc(Br)cc1Oc1cccc(Cl)c1. The number of halogens is 2. The molecule has 3 aromatic rings. The molecule has 0 saturated carbocycles. The fourth-order valence-electron chi connectivity index (χ4n) is 4.54.